The third-order valence-corrected chi connectivity index (χ3v) is 6.96. The Balaban J connectivity index is 1.36. The van der Waals surface area contributed by atoms with E-state index in [-0.39, 0.29) is 23.9 Å². The van der Waals surface area contributed by atoms with Gasteiger partial charge in [0.2, 0.25) is 5.91 Å². The standard InChI is InChI=1S/C27H30N4O3/c1-16(2)24(30-27(33)34-3)26(32)31-22-13-20(22)14-23(31)25-28-15-21(29-25)19-11-9-18(10-12-19)17-7-5-4-6-8-17/h4-12,15-16,20,22-24H,13-14H2,1-3H3,(H,28,29)(H,30,33)/t20-,22-,23?,24+/m1/s1. The Bertz CT molecular complexity index is 1170. The molecule has 4 atom stereocenters. The summed E-state index contributed by atoms with van der Waals surface area (Å²) in [5.41, 5.74) is 4.32. The van der Waals surface area contributed by atoms with E-state index >= 15 is 0 Å². The second-order valence-electron chi connectivity index (χ2n) is 9.54. The molecule has 1 aromatic heterocycles. The van der Waals surface area contributed by atoms with Gasteiger partial charge in [-0.2, -0.15) is 0 Å². The number of H-pyrrole nitrogens is 1. The third kappa shape index (κ3) is 4.18. The van der Waals surface area contributed by atoms with Crippen molar-refractivity contribution < 1.29 is 14.3 Å². The Hall–Kier alpha value is -3.61. The molecule has 0 bridgehead atoms. The molecule has 5 rings (SSSR count). The largest absolute Gasteiger partial charge is 0.453 e. The zero-order valence-corrected chi connectivity index (χ0v) is 19.7. The van der Waals surface area contributed by atoms with Gasteiger partial charge in [-0.15, -0.1) is 0 Å². The maximum Gasteiger partial charge on any atom is 0.407 e. The van der Waals surface area contributed by atoms with Gasteiger partial charge in [-0.05, 0) is 41.4 Å². The number of likely N-dealkylation sites (tertiary alicyclic amines) is 1. The number of aromatic amines is 1. The average molecular weight is 459 g/mol. The number of rotatable bonds is 6. The molecule has 2 aromatic carbocycles. The number of imidazole rings is 1. The predicted octanol–water partition coefficient (Wildman–Crippen LogP) is 4.79. The van der Waals surface area contributed by atoms with Gasteiger partial charge in [-0.1, -0.05) is 68.4 Å². The molecule has 0 spiro atoms. The minimum absolute atomic E-state index is 0.0552. The number of hydrogen-bond donors (Lipinski definition) is 2. The van der Waals surface area contributed by atoms with Gasteiger partial charge < -0.3 is 19.9 Å². The highest BCUT2D eigenvalue weighted by Crippen LogP contribution is 2.53. The lowest BCUT2D eigenvalue weighted by Gasteiger charge is -2.31. The first-order valence-electron chi connectivity index (χ1n) is 11.8. The Labute approximate surface area is 199 Å². The number of ether oxygens (including phenoxy) is 1. The minimum Gasteiger partial charge on any atom is -0.453 e. The molecule has 0 radical (unpaired) electrons. The van der Waals surface area contributed by atoms with Crippen molar-refractivity contribution in [1.82, 2.24) is 20.2 Å². The molecule has 2 heterocycles. The molecular formula is C27H30N4O3. The van der Waals surface area contributed by atoms with Gasteiger partial charge in [-0.3, -0.25) is 4.79 Å². The number of carbonyl (C=O) groups is 2. The quantitative estimate of drug-likeness (QED) is 0.556. The zero-order chi connectivity index (χ0) is 23.8. The molecule has 1 saturated heterocycles. The molecule has 2 amide bonds. The number of aromatic nitrogens is 2. The molecular weight excluding hydrogens is 428 g/mol. The SMILES string of the molecule is COC(=O)N[C@H](C(=O)N1C(c2ncc(-c3ccc(-c4ccccc4)cc3)[nH]2)C[C@H]2C[C@H]21)C(C)C. The summed E-state index contributed by atoms with van der Waals surface area (Å²) in [7, 11) is 1.31. The van der Waals surface area contributed by atoms with Crippen molar-refractivity contribution in [1.29, 1.82) is 0 Å². The number of fused-ring (bicyclic) bond motifs is 1. The van der Waals surface area contributed by atoms with Crippen molar-refractivity contribution in [2.24, 2.45) is 11.8 Å². The topological polar surface area (TPSA) is 87.3 Å². The maximum absolute atomic E-state index is 13.5. The number of amides is 2. The van der Waals surface area contributed by atoms with Gasteiger partial charge >= 0.3 is 6.09 Å². The first kappa shape index (κ1) is 22.2. The molecule has 2 aliphatic rings. The second kappa shape index (κ2) is 8.97. The number of alkyl carbamates (subject to hydrolysis) is 1. The van der Waals surface area contributed by atoms with Crippen molar-refractivity contribution in [2.75, 3.05) is 7.11 Å². The molecule has 176 valence electrons. The van der Waals surface area contributed by atoms with Crippen LogP contribution in [0.2, 0.25) is 0 Å². The molecule has 1 aliphatic heterocycles. The van der Waals surface area contributed by atoms with E-state index in [1.807, 2.05) is 43.1 Å². The lowest BCUT2D eigenvalue weighted by molar-refractivity contribution is -0.136. The fraction of sp³-hybridized carbons (Fsp3) is 0.370. The van der Waals surface area contributed by atoms with Crippen LogP contribution >= 0.6 is 0 Å². The lowest BCUT2D eigenvalue weighted by atomic mass is 10.0. The van der Waals surface area contributed by atoms with Crippen molar-refractivity contribution in [3.63, 3.8) is 0 Å². The zero-order valence-electron chi connectivity index (χ0n) is 19.7. The highest BCUT2D eigenvalue weighted by molar-refractivity contribution is 5.87. The molecule has 3 aromatic rings. The summed E-state index contributed by atoms with van der Waals surface area (Å²) < 4.78 is 4.74. The fourth-order valence-corrected chi connectivity index (χ4v) is 5.00. The van der Waals surface area contributed by atoms with Crippen LogP contribution in [0.4, 0.5) is 4.79 Å². The number of methoxy groups -OCH3 is 1. The van der Waals surface area contributed by atoms with Crippen LogP contribution in [0.25, 0.3) is 22.4 Å². The number of nitrogens with zero attached hydrogens (tertiary/aromatic N) is 2. The number of benzene rings is 2. The van der Waals surface area contributed by atoms with Crippen molar-refractivity contribution in [2.45, 2.75) is 44.8 Å². The second-order valence-corrected chi connectivity index (χ2v) is 9.54. The van der Waals surface area contributed by atoms with E-state index in [2.05, 4.69) is 51.7 Å². The van der Waals surface area contributed by atoms with E-state index in [0.717, 1.165) is 35.5 Å². The van der Waals surface area contributed by atoms with Crippen LogP contribution in [-0.4, -0.2) is 46.1 Å². The molecule has 34 heavy (non-hydrogen) atoms. The van der Waals surface area contributed by atoms with Gasteiger partial charge in [-0.25, -0.2) is 9.78 Å². The van der Waals surface area contributed by atoms with Gasteiger partial charge in [0.15, 0.2) is 0 Å². The molecule has 2 N–H and O–H groups in total. The maximum atomic E-state index is 13.5. The van der Waals surface area contributed by atoms with E-state index in [4.69, 9.17) is 4.74 Å². The summed E-state index contributed by atoms with van der Waals surface area (Å²) in [5, 5.41) is 2.72. The summed E-state index contributed by atoms with van der Waals surface area (Å²) >= 11 is 0. The van der Waals surface area contributed by atoms with Crippen LogP contribution in [0.5, 0.6) is 0 Å². The number of nitrogens with one attached hydrogen (secondary N) is 2. The van der Waals surface area contributed by atoms with E-state index < -0.39 is 12.1 Å². The van der Waals surface area contributed by atoms with E-state index in [1.165, 1.54) is 12.7 Å². The van der Waals surface area contributed by atoms with Gasteiger partial charge in [0, 0.05) is 6.04 Å². The molecule has 2 fully saturated rings. The van der Waals surface area contributed by atoms with Crippen LogP contribution in [0.1, 0.15) is 38.6 Å². The van der Waals surface area contributed by atoms with Crippen LogP contribution in [0.3, 0.4) is 0 Å². The molecule has 1 aliphatic carbocycles. The molecule has 1 unspecified atom stereocenters. The van der Waals surface area contributed by atoms with Crippen LogP contribution in [0.15, 0.2) is 60.8 Å². The average Bonchev–Trinajstić information content (AvgIpc) is 3.28. The van der Waals surface area contributed by atoms with Gasteiger partial charge in [0.25, 0.3) is 0 Å². The molecule has 7 nitrogen and oxygen atoms in total. The van der Waals surface area contributed by atoms with E-state index in [0.29, 0.717) is 5.92 Å². The summed E-state index contributed by atoms with van der Waals surface area (Å²) in [6.07, 6.45) is 3.15. The predicted molar refractivity (Wildman–Crippen MR) is 130 cm³/mol. The summed E-state index contributed by atoms with van der Waals surface area (Å²) in [4.78, 5) is 35.4. The Morgan fingerprint density at radius 1 is 1.03 bits per heavy atom. The molecule has 7 heteroatoms. The monoisotopic (exact) mass is 458 g/mol. The Kier molecular flexibility index (Phi) is 5.86. The van der Waals surface area contributed by atoms with Crippen molar-refractivity contribution in [3.8, 4) is 22.4 Å². The van der Waals surface area contributed by atoms with Crippen molar-refractivity contribution in [3.05, 3.63) is 66.6 Å². The first-order valence-corrected chi connectivity index (χ1v) is 11.8. The van der Waals surface area contributed by atoms with E-state index in [1.54, 1.807) is 0 Å². The first-order chi connectivity index (χ1) is 16.5. The summed E-state index contributed by atoms with van der Waals surface area (Å²) in [6, 6.07) is 18.1. The van der Waals surface area contributed by atoms with Gasteiger partial charge in [0.05, 0.1) is 25.0 Å². The Morgan fingerprint density at radius 2 is 1.71 bits per heavy atom. The van der Waals surface area contributed by atoms with E-state index in [9.17, 15) is 9.59 Å². The third-order valence-electron chi connectivity index (χ3n) is 6.96. The smallest absolute Gasteiger partial charge is 0.407 e. The summed E-state index contributed by atoms with van der Waals surface area (Å²) in [5.74, 6) is 1.17. The van der Waals surface area contributed by atoms with Gasteiger partial charge in [0.1, 0.15) is 11.9 Å². The highest BCUT2D eigenvalue weighted by Gasteiger charge is 2.56. The van der Waals surface area contributed by atoms with Crippen LogP contribution in [0, 0.1) is 11.8 Å². The van der Waals surface area contributed by atoms with Crippen LogP contribution in [-0.2, 0) is 9.53 Å². The van der Waals surface area contributed by atoms with Crippen molar-refractivity contribution >= 4 is 12.0 Å². The lowest BCUT2D eigenvalue weighted by Crippen LogP contribution is -2.52. The van der Waals surface area contributed by atoms with Crippen LogP contribution < -0.4 is 5.32 Å². The fourth-order valence-electron chi connectivity index (χ4n) is 5.00. The Morgan fingerprint density at radius 3 is 2.38 bits per heavy atom. The highest BCUT2D eigenvalue weighted by atomic mass is 16.5. The number of hydrogen-bond acceptors (Lipinski definition) is 4. The normalized spacial score (nSPS) is 21.8. The minimum atomic E-state index is -0.630. The summed E-state index contributed by atoms with van der Waals surface area (Å²) in [6.45, 7) is 3.86. The number of carbonyl (C=O) groups excluding carboxylic acids is 2. The number of piperidine rings is 1. The molecule has 1 saturated carbocycles.